The highest BCUT2D eigenvalue weighted by molar-refractivity contribution is 6.29. The largest absolute Gasteiger partial charge is 0.480 e. The topological polar surface area (TPSA) is 108 Å². The lowest BCUT2D eigenvalue weighted by Crippen LogP contribution is -2.49. The van der Waals surface area contributed by atoms with Gasteiger partial charge in [-0.15, -0.1) is 0 Å². The van der Waals surface area contributed by atoms with Crippen molar-refractivity contribution in [2.75, 3.05) is 0 Å². The first kappa shape index (κ1) is 15.2. The van der Waals surface area contributed by atoms with E-state index in [-0.39, 0.29) is 18.7 Å². The predicted octanol–water partition coefficient (Wildman–Crippen LogP) is 0.125. The SMILES string of the molecule is O=C1CC[C@H](C(=O)N[C@@H](Cc2ccc(Cl)nc2)C(=O)O)N1. The monoisotopic (exact) mass is 311 g/mol. The normalized spacial score (nSPS) is 18.9. The maximum atomic E-state index is 11.9. The number of aliphatic carboxylic acids is 1. The van der Waals surface area contributed by atoms with E-state index in [9.17, 15) is 19.5 Å². The van der Waals surface area contributed by atoms with Crippen LogP contribution in [0.3, 0.4) is 0 Å². The number of nitrogens with zero attached hydrogens (tertiary/aromatic N) is 1. The quantitative estimate of drug-likeness (QED) is 0.670. The molecule has 1 fully saturated rings. The van der Waals surface area contributed by atoms with Gasteiger partial charge >= 0.3 is 5.97 Å². The van der Waals surface area contributed by atoms with Crippen LogP contribution < -0.4 is 10.6 Å². The molecule has 0 radical (unpaired) electrons. The van der Waals surface area contributed by atoms with Crippen molar-refractivity contribution >= 4 is 29.4 Å². The van der Waals surface area contributed by atoms with Crippen molar-refractivity contribution in [2.24, 2.45) is 0 Å². The molecular formula is C13H14ClN3O4. The minimum Gasteiger partial charge on any atom is -0.480 e. The lowest BCUT2D eigenvalue weighted by atomic mass is 10.1. The van der Waals surface area contributed by atoms with E-state index in [0.29, 0.717) is 17.1 Å². The summed E-state index contributed by atoms with van der Waals surface area (Å²) in [7, 11) is 0. The Bertz CT molecular complexity index is 561. The van der Waals surface area contributed by atoms with Crippen LogP contribution in [0.15, 0.2) is 18.3 Å². The minimum absolute atomic E-state index is 0.0892. The van der Waals surface area contributed by atoms with E-state index in [0.717, 1.165) is 0 Å². The molecule has 1 aromatic rings. The van der Waals surface area contributed by atoms with Crippen LogP contribution in [0.2, 0.25) is 5.15 Å². The first-order valence-corrected chi connectivity index (χ1v) is 6.76. The summed E-state index contributed by atoms with van der Waals surface area (Å²) in [6.07, 6.45) is 2.20. The third kappa shape index (κ3) is 4.16. The number of carboxylic acid groups (broad SMARTS) is 1. The first-order chi connectivity index (χ1) is 9.95. The van der Waals surface area contributed by atoms with E-state index in [1.165, 1.54) is 6.20 Å². The Kier molecular flexibility index (Phi) is 4.74. The first-order valence-electron chi connectivity index (χ1n) is 6.38. The zero-order chi connectivity index (χ0) is 15.4. The van der Waals surface area contributed by atoms with Crippen molar-refractivity contribution in [3.63, 3.8) is 0 Å². The Hall–Kier alpha value is -2.15. The third-order valence-electron chi connectivity index (χ3n) is 3.15. The number of aromatic nitrogens is 1. The fourth-order valence-corrected chi connectivity index (χ4v) is 2.16. The number of amides is 2. The van der Waals surface area contributed by atoms with Crippen molar-refractivity contribution < 1.29 is 19.5 Å². The van der Waals surface area contributed by atoms with Crippen LogP contribution in [0.4, 0.5) is 0 Å². The molecule has 112 valence electrons. The Labute approximate surface area is 125 Å². The molecule has 1 aromatic heterocycles. The van der Waals surface area contributed by atoms with Crippen LogP contribution in [0.1, 0.15) is 18.4 Å². The summed E-state index contributed by atoms with van der Waals surface area (Å²) in [6.45, 7) is 0. The molecule has 1 aliphatic rings. The van der Waals surface area contributed by atoms with Gasteiger partial charge in [0.15, 0.2) is 0 Å². The minimum atomic E-state index is -1.15. The molecule has 1 saturated heterocycles. The molecule has 21 heavy (non-hydrogen) atoms. The molecule has 7 nitrogen and oxygen atoms in total. The molecule has 0 saturated carbocycles. The average Bonchev–Trinajstić information content (AvgIpc) is 2.87. The number of carbonyl (C=O) groups is 3. The van der Waals surface area contributed by atoms with Gasteiger partial charge in [-0.2, -0.15) is 0 Å². The number of hydrogen-bond donors (Lipinski definition) is 3. The van der Waals surface area contributed by atoms with Gasteiger partial charge < -0.3 is 15.7 Å². The standard InChI is InChI=1S/C13H14ClN3O4/c14-10-3-1-7(6-15-10)5-9(13(20)21)17-12(19)8-2-4-11(18)16-8/h1,3,6,8-9H,2,4-5H2,(H,16,18)(H,17,19)(H,20,21)/t8-,9+/m1/s1. The maximum absolute atomic E-state index is 11.9. The molecule has 0 bridgehead atoms. The Balaban J connectivity index is 1.99. The second-order valence-electron chi connectivity index (χ2n) is 4.75. The molecule has 2 rings (SSSR count). The van der Waals surface area contributed by atoms with Crippen molar-refractivity contribution in [1.29, 1.82) is 0 Å². The molecule has 3 N–H and O–H groups in total. The van der Waals surface area contributed by atoms with Gasteiger partial charge in [-0.1, -0.05) is 17.7 Å². The third-order valence-corrected chi connectivity index (χ3v) is 3.38. The predicted molar refractivity (Wildman–Crippen MR) is 73.7 cm³/mol. The highest BCUT2D eigenvalue weighted by Crippen LogP contribution is 2.10. The van der Waals surface area contributed by atoms with Crippen LogP contribution in [-0.4, -0.2) is 40.0 Å². The Morgan fingerprint density at radius 2 is 2.29 bits per heavy atom. The number of halogens is 1. The average molecular weight is 312 g/mol. The van der Waals surface area contributed by atoms with E-state index in [2.05, 4.69) is 15.6 Å². The molecule has 2 atom stereocenters. The molecule has 0 aliphatic carbocycles. The van der Waals surface area contributed by atoms with Gasteiger partial charge in [0, 0.05) is 19.0 Å². The highest BCUT2D eigenvalue weighted by atomic mass is 35.5. The molecule has 2 heterocycles. The van der Waals surface area contributed by atoms with E-state index < -0.39 is 24.0 Å². The van der Waals surface area contributed by atoms with Crippen molar-refractivity contribution in [3.05, 3.63) is 29.0 Å². The lowest BCUT2D eigenvalue weighted by Gasteiger charge is -2.17. The van der Waals surface area contributed by atoms with E-state index in [4.69, 9.17) is 11.6 Å². The van der Waals surface area contributed by atoms with Crippen LogP contribution in [-0.2, 0) is 20.8 Å². The Morgan fingerprint density at radius 3 is 2.81 bits per heavy atom. The number of nitrogens with one attached hydrogen (secondary N) is 2. The number of pyridine rings is 1. The summed E-state index contributed by atoms with van der Waals surface area (Å²) < 4.78 is 0. The zero-order valence-corrected chi connectivity index (χ0v) is 11.8. The van der Waals surface area contributed by atoms with Gasteiger partial charge in [-0.05, 0) is 18.1 Å². The van der Waals surface area contributed by atoms with E-state index in [1.807, 2.05) is 0 Å². The highest BCUT2D eigenvalue weighted by Gasteiger charge is 2.30. The van der Waals surface area contributed by atoms with Crippen LogP contribution >= 0.6 is 11.6 Å². The Morgan fingerprint density at radius 1 is 1.52 bits per heavy atom. The zero-order valence-electron chi connectivity index (χ0n) is 11.0. The van der Waals surface area contributed by atoms with Crippen molar-refractivity contribution in [1.82, 2.24) is 15.6 Å². The molecule has 1 aliphatic heterocycles. The van der Waals surface area contributed by atoms with Crippen molar-refractivity contribution in [2.45, 2.75) is 31.3 Å². The smallest absolute Gasteiger partial charge is 0.326 e. The molecule has 2 amide bonds. The van der Waals surface area contributed by atoms with Gasteiger partial charge in [0.05, 0.1) is 0 Å². The summed E-state index contributed by atoms with van der Waals surface area (Å²) >= 11 is 5.66. The summed E-state index contributed by atoms with van der Waals surface area (Å²) in [4.78, 5) is 38.1. The molecule has 0 aromatic carbocycles. The van der Waals surface area contributed by atoms with Crippen LogP contribution in [0, 0.1) is 0 Å². The fraction of sp³-hybridized carbons (Fsp3) is 0.385. The second kappa shape index (κ2) is 6.53. The van der Waals surface area contributed by atoms with Crippen molar-refractivity contribution in [3.8, 4) is 0 Å². The number of carboxylic acids is 1. The summed E-state index contributed by atoms with van der Waals surface area (Å²) in [6, 6.07) is 1.45. The van der Waals surface area contributed by atoms with Gasteiger partial charge in [0.2, 0.25) is 11.8 Å². The lowest BCUT2D eigenvalue weighted by molar-refractivity contribution is -0.142. The van der Waals surface area contributed by atoms with Crippen LogP contribution in [0.5, 0.6) is 0 Å². The summed E-state index contributed by atoms with van der Waals surface area (Å²) in [5.41, 5.74) is 0.641. The molecule has 8 heteroatoms. The number of hydrogen-bond acceptors (Lipinski definition) is 4. The number of rotatable bonds is 5. The summed E-state index contributed by atoms with van der Waals surface area (Å²) in [5.74, 6) is -1.85. The van der Waals surface area contributed by atoms with Crippen LogP contribution in [0.25, 0.3) is 0 Å². The van der Waals surface area contributed by atoms with Gasteiger partial charge in [-0.3, -0.25) is 9.59 Å². The fourth-order valence-electron chi connectivity index (χ4n) is 2.05. The molecular weight excluding hydrogens is 298 g/mol. The molecule has 0 unspecified atom stereocenters. The van der Waals surface area contributed by atoms with Gasteiger partial charge in [0.1, 0.15) is 17.2 Å². The maximum Gasteiger partial charge on any atom is 0.326 e. The number of carbonyl (C=O) groups excluding carboxylic acids is 2. The molecule has 0 spiro atoms. The van der Waals surface area contributed by atoms with Gasteiger partial charge in [-0.25, -0.2) is 9.78 Å². The second-order valence-corrected chi connectivity index (χ2v) is 5.14. The summed E-state index contributed by atoms with van der Waals surface area (Å²) in [5, 5.41) is 14.4. The van der Waals surface area contributed by atoms with E-state index in [1.54, 1.807) is 12.1 Å². The van der Waals surface area contributed by atoms with E-state index >= 15 is 0 Å². The van der Waals surface area contributed by atoms with Gasteiger partial charge in [0.25, 0.3) is 0 Å².